The molecule has 0 aliphatic carbocycles. The number of hydrogen-bond donors (Lipinski definition) is 2. The molecule has 0 bridgehead atoms. The molecule has 128 valence electrons. The number of hydrogen-bond acceptors (Lipinski definition) is 9. The maximum atomic E-state index is 5.39. The van der Waals surface area contributed by atoms with Crippen LogP contribution in [0.25, 0.3) is 0 Å². The fourth-order valence-electron chi connectivity index (χ4n) is 1.89. The van der Waals surface area contributed by atoms with Crippen molar-refractivity contribution in [3.05, 3.63) is 53.0 Å². The van der Waals surface area contributed by atoms with Crippen molar-refractivity contribution in [3.8, 4) is 0 Å². The first-order valence-electron chi connectivity index (χ1n) is 7.52. The molecule has 0 radical (unpaired) electrons. The van der Waals surface area contributed by atoms with E-state index in [2.05, 4.69) is 36.2 Å². The standard InChI is InChI=1S/C16H17N7O2/c1-10-4-6-13(24-10)8-17-21-15-12(3)20-23-16(19-15)22-18-9-14-7-5-11(2)25-14/h4-9H,1-3H3,(H2,19,21,22,23)/b17-8-,18-9-. The van der Waals surface area contributed by atoms with Gasteiger partial charge >= 0.3 is 0 Å². The number of nitrogens with one attached hydrogen (secondary N) is 2. The van der Waals surface area contributed by atoms with Crippen molar-refractivity contribution in [3.63, 3.8) is 0 Å². The summed E-state index contributed by atoms with van der Waals surface area (Å²) >= 11 is 0. The number of furan rings is 2. The van der Waals surface area contributed by atoms with E-state index >= 15 is 0 Å². The van der Waals surface area contributed by atoms with E-state index in [1.807, 2.05) is 38.1 Å². The molecule has 9 heteroatoms. The summed E-state index contributed by atoms with van der Waals surface area (Å²) in [6.45, 7) is 5.50. The van der Waals surface area contributed by atoms with Crippen LogP contribution in [-0.2, 0) is 0 Å². The average Bonchev–Trinajstić information content (AvgIpc) is 3.18. The highest BCUT2D eigenvalue weighted by Gasteiger charge is 2.04. The maximum absolute atomic E-state index is 5.39. The summed E-state index contributed by atoms with van der Waals surface area (Å²) in [5.74, 6) is 3.59. The van der Waals surface area contributed by atoms with Crippen LogP contribution in [0.2, 0.25) is 0 Å². The second kappa shape index (κ2) is 7.39. The first-order chi connectivity index (χ1) is 12.1. The Morgan fingerprint density at radius 1 is 0.840 bits per heavy atom. The van der Waals surface area contributed by atoms with Crippen LogP contribution in [0.5, 0.6) is 0 Å². The molecule has 3 rings (SSSR count). The minimum Gasteiger partial charge on any atom is -0.460 e. The predicted octanol–water partition coefficient (Wildman–Crippen LogP) is 2.87. The van der Waals surface area contributed by atoms with Gasteiger partial charge in [-0.25, -0.2) is 5.43 Å². The third-order valence-corrected chi connectivity index (χ3v) is 3.10. The molecule has 3 aromatic heterocycles. The van der Waals surface area contributed by atoms with Gasteiger partial charge in [0.1, 0.15) is 28.7 Å². The quantitative estimate of drug-likeness (QED) is 0.524. The number of aryl methyl sites for hydroxylation is 3. The van der Waals surface area contributed by atoms with Crippen molar-refractivity contribution < 1.29 is 8.83 Å². The van der Waals surface area contributed by atoms with Crippen molar-refractivity contribution >= 4 is 24.2 Å². The topological polar surface area (TPSA) is 114 Å². The second-order valence-electron chi connectivity index (χ2n) is 5.21. The molecule has 0 aliphatic rings. The molecule has 0 spiro atoms. The number of anilines is 2. The molecular weight excluding hydrogens is 322 g/mol. The molecular formula is C16H17N7O2. The smallest absolute Gasteiger partial charge is 0.265 e. The maximum Gasteiger partial charge on any atom is 0.265 e. The molecule has 3 aromatic rings. The van der Waals surface area contributed by atoms with Crippen molar-refractivity contribution in [2.75, 3.05) is 10.9 Å². The minimum absolute atomic E-state index is 0.233. The van der Waals surface area contributed by atoms with Gasteiger partial charge in [-0.15, -0.1) is 10.2 Å². The van der Waals surface area contributed by atoms with Gasteiger partial charge in [-0.3, -0.25) is 5.43 Å². The van der Waals surface area contributed by atoms with E-state index in [1.165, 1.54) is 6.21 Å². The van der Waals surface area contributed by atoms with E-state index in [0.717, 1.165) is 11.5 Å². The van der Waals surface area contributed by atoms with E-state index in [-0.39, 0.29) is 5.95 Å². The molecule has 0 unspecified atom stereocenters. The highest BCUT2D eigenvalue weighted by Crippen LogP contribution is 2.10. The van der Waals surface area contributed by atoms with Crippen LogP contribution in [0.1, 0.15) is 28.7 Å². The van der Waals surface area contributed by atoms with Gasteiger partial charge in [0.2, 0.25) is 0 Å². The fraction of sp³-hybridized carbons (Fsp3) is 0.188. The van der Waals surface area contributed by atoms with Crippen LogP contribution in [0.4, 0.5) is 11.8 Å². The molecule has 0 atom stereocenters. The first-order valence-corrected chi connectivity index (χ1v) is 7.52. The van der Waals surface area contributed by atoms with Gasteiger partial charge < -0.3 is 8.83 Å². The van der Waals surface area contributed by atoms with Crippen molar-refractivity contribution in [1.29, 1.82) is 0 Å². The van der Waals surface area contributed by atoms with E-state index in [0.29, 0.717) is 23.0 Å². The second-order valence-corrected chi connectivity index (χ2v) is 5.21. The van der Waals surface area contributed by atoms with Crippen LogP contribution in [0.15, 0.2) is 43.3 Å². The van der Waals surface area contributed by atoms with Crippen LogP contribution in [-0.4, -0.2) is 27.6 Å². The zero-order chi connectivity index (χ0) is 17.6. The fourth-order valence-corrected chi connectivity index (χ4v) is 1.89. The SMILES string of the molecule is Cc1ccc(/C=N\Nc2nnc(C)c(N/N=C\c3ccc(C)o3)n2)o1. The highest BCUT2D eigenvalue weighted by molar-refractivity contribution is 5.77. The largest absolute Gasteiger partial charge is 0.460 e. The van der Waals surface area contributed by atoms with Gasteiger partial charge in [-0.05, 0) is 45.0 Å². The summed E-state index contributed by atoms with van der Waals surface area (Å²) in [6, 6.07) is 7.35. The Balaban J connectivity index is 1.63. The zero-order valence-corrected chi connectivity index (χ0v) is 14.0. The van der Waals surface area contributed by atoms with Crippen molar-refractivity contribution in [2.45, 2.75) is 20.8 Å². The Labute approximate surface area is 143 Å². The zero-order valence-electron chi connectivity index (χ0n) is 14.0. The first kappa shape index (κ1) is 16.4. The minimum atomic E-state index is 0.233. The van der Waals surface area contributed by atoms with Gasteiger partial charge in [0, 0.05) is 0 Å². The Hall–Kier alpha value is -3.49. The van der Waals surface area contributed by atoms with Gasteiger partial charge in [0.15, 0.2) is 5.82 Å². The lowest BCUT2D eigenvalue weighted by molar-refractivity contribution is 0.527. The molecule has 9 nitrogen and oxygen atoms in total. The Morgan fingerprint density at radius 2 is 1.44 bits per heavy atom. The normalized spacial score (nSPS) is 11.5. The van der Waals surface area contributed by atoms with Gasteiger partial charge in [0.05, 0.1) is 12.4 Å². The molecule has 25 heavy (non-hydrogen) atoms. The van der Waals surface area contributed by atoms with E-state index < -0.39 is 0 Å². The average molecular weight is 339 g/mol. The monoisotopic (exact) mass is 339 g/mol. The summed E-state index contributed by atoms with van der Waals surface area (Å²) < 4.78 is 10.8. The molecule has 2 N–H and O–H groups in total. The van der Waals surface area contributed by atoms with E-state index in [1.54, 1.807) is 13.1 Å². The van der Waals surface area contributed by atoms with Crippen LogP contribution < -0.4 is 10.9 Å². The molecule has 0 saturated carbocycles. The summed E-state index contributed by atoms with van der Waals surface area (Å²) in [5, 5.41) is 16.0. The third-order valence-electron chi connectivity index (χ3n) is 3.10. The lowest BCUT2D eigenvalue weighted by Gasteiger charge is -2.04. The Bertz CT molecular complexity index is 911. The van der Waals surface area contributed by atoms with Gasteiger partial charge in [0.25, 0.3) is 5.95 Å². The molecule has 0 fully saturated rings. The summed E-state index contributed by atoms with van der Waals surface area (Å²) in [7, 11) is 0. The van der Waals surface area contributed by atoms with Crippen molar-refractivity contribution in [1.82, 2.24) is 15.2 Å². The number of nitrogens with zero attached hydrogens (tertiary/aromatic N) is 5. The molecule has 3 heterocycles. The van der Waals surface area contributed by atoms with Gasteiger partial charge in [-0.1, -0.05) is 0 Å². The van der Waals surface area contributed by atoms with Crippen LogP contribution in [0.3, 0.4) is 0 Å². The lowest BCUT2D eigenvalue weighted by atomic mass is 10.4. The van der Waals surface area contributed by atoms with E-state index in [4.69, 9.17) is 8.83 Å². The third kappa shape index (κ3) is 4.50. The van der Waals surface area contributed by atoms with E-state index in [9.17, 15) is 0 Å². The summed E-state index contributed by atoms with van der Waals surface area (Å²) in [6.07, 6.45) is 3.08. The van der Waals surface area contributed by atoms with Crippen LogP contribution >= 0.6 is 0 Å². The molecule has 0 saturated heterocycles. The highest BCUT2D eigenvalue weighted by atomic mass is 16.3. The number of rotatable bonds is 6. The molecule has 0 aliphatic heterocycles. The van der Waals surface area contributed by atoms with Gasteiger partial charge in [-0.2, -0.15) is 15.2 Å². The predicted molar refractivity (Wildman–Crippen MR) is 93.9 cm³/mol. The summed E-state index contributed by atoms with van der Waals surface area (Å²) in [5.41, 5.74) is 6.10. The van der Waals surface area contributed by atoms with Crippen molar-refractivity contribution in [2.24, 2.45) is 10.2 Å². The number of hydrazone groups is 2. The van der Waals surface area contributed by atoms with Crippen LogP contribution in [0, 0.1) is 20.8 Å². The lowest BCUT2D eigenvalue weighted by Crippen LogP contribution is -2.05. The molecule has 0 aromatic carbocycles. The number of aromatic nitrogens is 3. The Kier molecular flexibility index (Phi) is 4.84. The Morgan fingerprint density at radius 3 is 2.00 bits per heavy atom. The summed E-state index contributed by atoms with van der Waals surface area (Å²) in [4.78, 5) is 4.26. The molecule has 0 amide bonds.